The van der Waals surface area contributed by atoms with E-state index in [2.05, 4.69) is 0 Å². The molecule has 0 fully saturated rings. The number of carbonyl (C=O) groups is 1. The summed E-state index contributed by atoms with van der Waals surface area (Å²) in [6, 6.07) is 6.45. The van der Waals surface area contributed by atoms with E-state index in [-0.39, 0.29) is 24.8 Å². The first kappa shape index (κ1) is 17.6. The molecule has 1 aromatic rings. The highest BCUT2D eigenvalue weighted by Crippen LogP contribution is 2.10. The van der Waals surface area contributed by atoms with Crippen molar-refractivity contribution in [3.8, 4) is 0 Å². The SMILES string of the molecule is COCCN(CCO)C(=O)c1ccc(CS(C)(=O)=O)cc1. The second-order valence-corrected chi connectivity index (χ2v) is 6.92. The van der Waals surface area contributed by atoms with Crippen molar-refractivity contribution in [2.75, 3.05) is 39.7 Å². The Hall–Kier alpha value is -1.44. The molecule has 1 amide bonds. The average Bonchev–Trinajstić information content (AvgIpc) is 2.42. The topological polar surface area (TPSA) is 83.9 Å². The van der Waals surface area contributed by atoms with E-state index in [0.29, 0.717) is 24.3 Å². The lowest BCUT2D eigenvalue weighted by molar-refractivity contribution is 0.0656. The van der Waals surface area contributed by atoms with Crippen LogP contribution in [0.3, 0.4) is 0 Å². The number of sulfone groups is 1. The summed E-state index contributed by atoms with van der Waals surface area (Å²) in [6.45, 7) is 0.883. The van der Waals surface area contributed by atoms with Gasteiger partial charge in [-0.3, -0.25) is 4.79 Å². The van der Waals surface area contributed by atoms with Crippen LogP contribution in [0.4, 0.5) is 0 Å². The zero-order valence-corrected chi connectivity index (χ0v) is 13.1. The lowest BCUT2D eigenvalue weighted by Gasteiger charge is -2.21. The molecule has 0 radical (unpaired) electrons. The number of rotatable bonds is 8. The molecule has 0 saturated heterocycles. The maximum Gasteiger partial charge on any atom is 0.254 e. The van der Waals surface area contributed by atoms with E-state index < -0.39 is 9.84 Å². The minimum absolute atomic E-state index is 0.0501. The molecular formula is C14H21NO5S. The molecule has 6 nitrogen and oxygen atoms in total. The first-order valence-electron chi connectivity index (χ1n) is 6.53. The molecule has 118 valence electrons. The number of carbonyl (C=O) groups excluding carboxylic acids is 1. The number of hydrogen-bond acceptors (Lipinski definition) is 5. The lowest BCUT2D eigenvalue weighted by Crippen LogP contribution is -2.36. The maximum atomic E-state index is 12.3. The van der Waals surface area contributed by atoms with Crippen LogP contribution < -0.4 is 0 Å². The molecule has 0 heterocycles. The summed E-state index contributed by atoms with van der Waals surface area (Å²) in [5.41, 5.74) is 1.09. The Morgan fingerprint density at radius 2 is 1.86 bits per heavy atom. The van der Waals surface area contributed by atoms with E-state index in [1.807, 2.05) is 0 Å². The second-order valence-electron chi connectivity index (χ2n) is 4.78. The van der Waals surface area contributed by atoms with Gasteiger partial charge in [0.1, 0.15) is 0 Å². The van der Waals surface area contributed by atoms with Gasteiger partial charge in [-0.15, -0.1) is 0 Å². The van der Waals surface area contributed by atoms with Gasteiger partial charge in [-0.1, -0.05) is 12.1 Å². The van der Waals surface area contributed by atoms with Crippen molar-refractivity contribution in [3.63, 3.8) is 0 Å². The van der Waals surface area contributed by atoms with Gasteiger partial charge in [-0.2, -0.15) is 0 Å². The summed E-state index contributed by atoms with van der Waals surface area (Å²) in [7, 11) is -1.55. The Labute approximate surface area is 125 Å². The van der Waals surface area contributed by atoms with Crippen LogP contribution in [0.1, 0.15) is 15.9 Å². The fourth-order valence-corrected chi connectivity index (χ4v) is 2.66. The van der Waals surface area contributed by atoms with Crippen LogP contribution in [0.5, 0.6) is 0 Å². The number of aliphatic hydroxyl groups excluding tert-OH is 1. The van der Waals surface area contributed by atoms with E-state index in [1.54, 1.807) is 31.4 Å². The number of methoxy groups -OCH3 is 1. The minimum Gasteiger partial charge on any atom is -0.395 e. The normalized spacial score (nSPS) is 11.4. The number of nitrogens with zero attached hydrogens (tertiary/aromatic N) is 1. The average molecular weight is 315 g/mol. The van der Waals surface area contributed by atoms with Crippen molar-refractivity contribution in [1.82, 2.24) is 4.90 Å². The molecule has 0 spiro atoms. The van der Waals surface area contributed by atoms with Gasteiger partial charge in [0.25, 0.3) is 5.91 Å². The smallest absolute Gasteiger partial charge is 0.254 e. The summed E-state index contributed by atoms with van der Waals surface area (Å²) in [4.78, 5) is 13.8. The molecule has 1 N–H and O–H groups in total. The third kappa shape index (κ3) is 6.24. The van der Waals surface area contributed by atoms with Crippen LogP contribution in [0.25, 0.3) is 0 Å². The largest absolute Gasteiger partial charge is 0.395 e. The van der Waals surface area contributed by atoms with Crippen molar-refractivity contribution in [2.45, 2.75) is 5.75 Å². The number of amides is 1. The van der Waals surface area contributed by atoms with E-state index >= 15 is 0 Å². The molecule has 0 unspecified atom stereocenters. The predicted octanol–water partition coefficient (Wildman–Crippen LogP) is 0.312. The standard InChI is InChI=1S/C14H21NO5S/c1-20-10-8-15(7-9-16)14(17)13-5-3-12(4-6-13)11-21(2,18)19/h3-6,16H,7-11H2,1-2H3. The number of benzene rings is 1. The van der Waals surface area contributed by atoms with Gasteiger partial charge in [-0.25, -0.2) is 8.42 Å². The maximum absolute atomic E-state index is 12.3. The third-order valence-corrected chi connectivity index (χ3v) is 3.71. The molecule has 0 aromatic heterocycles. The van der Waals surface area contributed by atoms with Crippen molar-refractivity contribution >= 4 is 15.7 Å². The molecule has 0 aliphatic heterocycles. The summed E-state index contributed by atoms with van der Waals surface area (Å²) in [5, 5.41) is 9.00. The van der Waals surface area contributed by atoms with Gasteiger partial charge in [0, 0.05) is 32.0 Å². The molecule has 1 aromatic carbocycles. The van der Waals surface area contributed by atoms with Crippen molar-refractivity contribution in [3.05, 3.63) is 35.4 Å². The van der Waals surface area contributed by atoms with Gasteiger partial charge in [0.05, 0.1) is 19.0 Å². The quantitative estimate of drug-likeness (QED) is 0.746. The number of hydrogen-bond donors (Lipinski definition) is 1. The van der Waals surface area contributed by atoms with Gasteiger partial charge in [0.15, 0.2) is 9.84 Å². The molecular weight excluding hydrogens is 294 g/mol. The Bertz CT molecular complexity index is 553. The van der Waals surface area contributed by atoms with E-state index in [1.165, 1.54) is 11.2 Å². The van der Waals surface area contributed by atoms with Crippen LogP contribution in [0.15, 0.2) is 24.3 Å². The zero-order chi connectivity index (χ0) is 15.9. The van der Waals surface area contributed by atoms with Gasteiger partial charge >= 0.3 is 0 Å². The number of aliphatic hydroxyl groups is 1. The Morgan fingerprint density at radius 3 is 2.33 bits per heavy atom. The van der Waals surface area contributed by atoms with Crippen LogP contribution in [0.2, 0.25) is 0 Å². The van der Waals surface area contributed by atoms with Gasteiger partial charge in [-0.05, 0) is 17.7 Å². The van der Waals surface area contributed by atoms with E-state index in [4.69, 9.17) is 9.84 Å². The summed E-state index contributed by atoms with van der Waals surface area (Å²) in [5.74, 6) is -0.266. The predicted molar refractivity (Wildman–Crippen MR) is 79.9 cm³/mol. The van der Waals surface area contributed by atoms with E-state index in [0.717, 1.165) is 0 Å². The lowest BCUT2D eigenvalue weighted by atomic mass is 10.1. The molecule has 0 aliphatic carbocycles. The fraction of sp³-hybridized carbons (Fsp3) is 0.500. The Balaban J connectivity index is 2.81. The molecule has 0 aliphatic rings. The van der Waals surface area contributed by atoms with E-state index in [9.17, 15) is 13.2 Å². The van der Waals surface area contributed by atoms with Crippen molar-refractivity contribution < 1.29 is 23.1 Å². The van der Waals surface area contributed by atoms with Crippen LogP contribution in [0, 0.1) is 0 Å². The molecule has 7 heteroatoms. The van der Waals surface area contributed by atoms with Crippen LogP contribution >= 0.6 is 0 Å². The van der Waals surface area contributed by atoms with Crippen molar-refractivity contribution in [1.29, 1.82) is 0 Å². The summed E-state index contributed by atoms with van der Waals surface area (Å²) >= 11 is 0. The van der Waals surface area contributed by atoms with Gasteiger partial charge in [0.2, 0.25) is 0 Å². The van der Waals surface area contributed by atoms with Crippen molar-refractivity contribution in [2.24, 2.45) is 0 Å². The minimum atomic E-state index is -3.09. The molecule has 0 saturated carbocycles. The zero-order valence-electron chi connectivity index (χ0n) is 12.3. The molecule has 0 atom stereocenters. The van der Waals surface area contributed by atoms with Gasteiger partial charge < -0.3 is 14.7 Å². The second kappa shape index (κ2) is 8.11. The van der Waals surface area contributed by atoms with Crippen LogP contribution in [-0.4, -0.2) is 64.0 Å². The first-order valence-corrected chi connectivity index (χ1v) is 8.59. The Morgan fingerprint density at radius 1 is 1.24 bits per heavy atom. The highest BCUT2D eigenvalue weighted by molar-refractivity contribution is 7.89. The molecule has 0 bridgehead atoms. The molecule has 21 heavy (non-hydrogen) atoms. The molecule has 1 rings (SSSR count). The highest BCUT2D eigenvalue weighted by atomic mass is 32.2. The highest BCUT2D eigenvalue weighted by Gasteiger charge is 2.15. The fourth-order valence-electron chi connectivity index (χ4n) is 1.87. The first-order chi connectivity index (χ1) is 9.87. The Kier molecular flexibility index (Phi) is 6.80. The summed E-state index contributed by atoms with van der Waals surface area (Å²) in [6.07, 6.45) is 1.17. The summed E-state index contributed by atoms with van der Waals surface area (Å²) < 4.78 is 27.4. The monoisotopic (exact) mass is 315 g/mol. The van der Waals surface area contributed by atoms with Crippen LogP contribution in [-0.2, 0) is 20.3 Å². The third-order valence-electron chi connectivity index (χ3n) is 2.85. The number of ether oxygens (including phenoxy) is 1.